The van der Waals surface area contributed by atoms with Gasteiger partial charge in [0.1, 0.15) is 0 Å². The third kappa shape index (κ3) is 1.92. The lowest BCUT2D eigenvalue weighted by molar-refractivity contribution is 0.445. The molecule has 0 fully saturated rings. The van der Waals surface area contributed by atoms with Crippen LogP contribution in [-0.2, 0) is 6.42 Å². The number of hydrogen-bond donors (Lipinski definition) is 1. The van der Waals surface area contributed by atoms with Gasteiger partial charge in [0.15, 0.2) is 0 Å². The maximum Gasteiger partial charge on any atom is 0.0331 e. The summed E-state index contributed by atoms with van der Waals surface area (Å²) in [6, 6.07) is 10.1. The fourth-order valence-corrected chi connectivity index (χ4v) is 2.94. The fourth-order valence-electron chi connectivity index (χ4n) is 2.94. The van der Waals surface area contributed by atoms with E-state index in [1.54, 1.807) is 5.56 Å². The van der Waals surface area contributed by atoms with Gasteiger partial charge in [0.2, 0.25) is 0 Å². The van der Waals surface area contributed by atoms with Crippen LogP contribution in [0.25, 0.3) is 0 Å². The Labute approximate surface area is 97.6 Å². The molecule has 2 unspecified atom stereocenters. The molecule has 3 rings (SSSR count). The minimum Gasteiger partial charge on any atom is -0.304 e. The summed E-state index contributed by atoms with van der Waals surface area (Å²) >= 11 is 0. The van der Waals surface area contributed by atoms with Gasteiger partial charge in [0.05, 0.1) is 0 Å². The largest absolute Gasteiger partial charge is 0.304 e. The van der Waals surface area contributed by atoms with E-state index >= 15 is 0 Å². The van der Waals surface area contributed by atoms with Crippen molar-refractivity contribution in [3.63, 3.8) is 0 Å². The topological polar surface area (TPSA) is 12.0 Å². The number of fused-ring (bicyclic) bond motifs is 1. The summed E-state index contributed by atoms with van der Waals surface area (Å²) in [7, 11) is 0. The third-order valence-electron chi connectivity index (χ3n) is 3.80. The molecule has 2 aliphatic rings. The number of rotatable bonds is 2. The van der Waals surface area contributed by atoms with Gasteiger partial charge in [-0.05, 0) is 43.2 Å². The average Bonchev–Trinajstić information content (AvgIpc) is 2.74. The molecule has 0 bridgehead atoms. The molecule has 1 heteroatoms. The highest BCUT2D eigenvalue weighted by atomic mass is 15.0. The van der Waals surface area contributed by atoms with Gasteiger partial charge in [0, 0.05) is 12.1 Å². The molecular weight excluding hydrogens is 194 g/mol. The molecule has 1 nitrogen and oxygen atoms in total. The summed E-state index contributed by atoms with van der Waals surface area (Å²) in [5.41, 5.74) is 3.07. The number of allylic oxidation sites excluding steroid dienone is 1. The molecular formula is C15H19N. The molecule has 2 atom stereocenters. The Morgan fingerprint density at radius 3 is 2.94 bits per heavy atom. The molecule has 0 heterocycles. The number of benzene rings is 1. The van der Waals surface area contributed by atoms with Crippen LogP contribution in [0.15, 0.2) is 36.4 Å². The van der Waals surface area contributed by atoms with Crippen LogP contribution in [0.5, 0.6) is 0 Å². The minimum absolute atomic E-state index is 0.587. The summed E-state index contributed by atoms with van der Waals surface area (Å²) in [6.45, 7) is 0. The molecule has 2 aliphatic carbocycles. The van der Waals surface area contributed by atoms with Crippen LogP contribution < -0.4 is 5.32 Å². The zero-order valence-corrected chi connectivity index (χ0v) is 9.65. The summed E-state index contributed by atoms with van der Waals surface area (Å²) in [6.07, 6.45) is 11.1. The molecule has 0 spiro atoms. The number of nitrogens with one attached hydrogen (secondary N) is 1. The maximum atomic E-state index is 3.79. The molecule has 0 amide bonds. The monoisotopic (exact) mass is 213 g/mol. The summed E-state index contributed by atoms with van der Waals surface area (Å²) < 4.78 is 0. The van der Waals surface area contributed by atoms with Crippen molar-refractivity contribution < 1.29 is 0 Å². The Kier molecular flexibility index (Phi) is 2.79. The van der Waals surface area contributed by atoms with Crippen LogP contribution in [0.2, 0.25) is 0 Å². The van der Waals surface area contributed by atoms with Crippen LogP contribution in [-0.4, -0.2) is 6.04 Å². The molecule has 0 aromatic heterocycles. The molecule has 1 aromatic carbocycles. The molecule has 1 N–H and O–H groups in total. The van der Waals surface area contributed by atoms with E-state index in [4.69, 9.17) is 0 Å². The van der Waals surface area contributed by atoms with Gasteiger partial charge in [0.25, 0.3) is 0 Å². The first-order chi connectivity index (χ1) is 7.93. The van der Waals surface area contributed by atoms with Crippen LogP contribution in [0.1, 0.15) is 42.9 Å². The Bertz CT molecular complexity index is 394. The van der Waals surface area contributed by atoms with E-state index < -0.39 is 0 Å². The zero-order valence-electron chi connectivity index (χ0n) is 9.65. The lowest BCUT2D eigenvalue weighted by atomic mass is 10.0. The van der Waals surface area contributed by atoms with Gasteiger partial charge in [-0.25, -0.2) is 0 Å². The fraction of sp³-hybridized carbons (Fsp3) is 0.467. The highest BCUT2D eigenvalue weighted by molar-refractivity contribution is 5.34. The zero-order chi connectivity index (χ0) is 10.8. The van der Waals surface area contributed by atoms with E-state index in [1.807, 2.05) is 0 Å². The van der Waals surface area contributed by atoms with Crippen molar-refractivity contribution in [2.75, 3.05) is 0 Å². The number of hydrogen-bond acceptors (Lipinski definition) is 1. The van der Waals surface area contributed by atoms with E-state index in [1.165, 1.54) is 37.7 Å². The van der Waals surface area contributed by atoms with Crippen molar-refractivity contribution in [2.24, 2.45) is 0 Å². The van der Waals surface area contributed by atoms with Gasteiger partial charge in [-0.2, -0.15) is 0 Å². The molecule has 16 heavy (non-hydrogen) atoms. The van der Waals surface area contributed by atoms with Crippen LogP contribution >= 0.6 is 0 Å². The van der Waals surface area contributed by atoms with Crippen molar-refractivity contribution in [1.82, 2.24) is 5.32 Å². The van der Waals surface area contributed by atoms with Gasteiger partial charge >= 0.3 is 0 Å². The molecule has 0 saturated carbocycles. The lowest BCUT2D eigenvalue weighted by Gasteiger charge is -2.23. The smallest absolute Gasteiger partial charge is 0.0331 e. The summed E-state index contributed by atoms with van der Waals surface area (Å²) in [5.74, 6) is 0. The van der Waals surface area contributed by atoms with Gasteiger partial charge < -0.3 is 5.32 Å². The van der Waals surface area contributed by atoms with Crippen molar-refractivity contribution in [3.8, 4) is 0 Å². The number of aryl methyl sites for hydroxylation is 1. The van der Waals surface area contributed by atoms with Crippen LogP contribution in [0.3, 0.4) is 0 Å². The van der Waals surface area contributed by atoms with Gasteiger partial charge in [-0.1, -0.05) is 36.4 Å². The molecule has 0 radical (unpaired) electrons. The first kappa shape index (κ1) is 10.1. The maximum absolute atomic E-state index is 3.79. The van der Waals surface area contributed by atoms with E-state index in [9.17, 15) is 0 Å². The average molecular weight is 213 g/mol. The Morgan fingerprint density at radius 1 is 1.12 bits per heavy atom. The normalized spacial score (nSPS) is 28.0. The highest BCUT2D eigenvalue weighted by Crippen LogP contribution is 2.31. The van der Waals surface area contributed by atoms with Crippen molar-refractivity contribution >= 4 is 0 Å². The summed E-state index contributed by atoms with van der Waals surface area (Å²) in [4.78, 5) is 0. The van der Waals surface area contributed by atoms with E-state index in [0.29, 0.717) is 12.1 Å². The van der Waals surface area contributed by atoms with Gasteiger partial charge in [-0.15, -0.1) is 0 Å². The van der Waals surface area contributed by atoms with E-state index in [2.05, 4.69) is 41.7 Å². The Hall–Kier alpha value is -1.08. The first-order valence-electron chi connectivity index (χ1n) is 6.44. The molecule has 0 aliphatic heterocycles. The van der Waals surface area contributed by atoms with Crippen LogP contribution in [0.4, 0.5) is 0 Å². The van der Waals surface area contributed by atoms with Gasteiger partial charge in [-0.3, -0.25) is 0 Å². The summed E-state index contributed by atoms with van der Waals surface area (Å²) in [5, 5.41) is 3.79. The van der Waals surface area contributed by atoms with Crippen molar-refractivity contribution in [2.45, 2.75) is 44.2 Å². The van der Waals surface area contributed by atoms with Crippen molar-refractivity contribution in [1.29, 1.82) is 0 Å². The highest BCUT2D eigenvalue weighted by Gasteiger charge is 2.23. The molecule has 0 saturated heterocycles. The quantitative estimate of drug-likeness (QED) is 0.743. The second-order valence-corrected chi connectivity index (χ2v) is 4.92. The third-order valence-corrected chi connectivity index (χ3v) is 3.80. The first-order valence-corrected chi connectivity index (χ1v) is 6.44. The molecule has 84 valence electrons. The van der Waals surface area contributed by atoms with E-state index in [-0.39, 0.29) is 0 Å². The van der Waals surface area contributed by atoms with Crippen molar-refractivity contribution in [3.05, 3.63) is 47.5 Å². The van der Waals surface area contributed by atoms with Crippen LogP contribution in [0, 0.1) is 0 Å². The van der Waals surface area contributed by atoms with E-state index in [0.717, 1.165) is 0 Å². The second-order valence-electron chi connectivity index (χ2n) is 4.92. The standard InChI is InChI=1S/C15H19N/c1-2-7-13(8-3-1)16-15-11-10-12-6-4-5-9-14(12)15/h2,4-7,9,13,15-16H,1,3,8,10-11H2. The Balaban J connectivity index is 1.73. The minimum atomic E-state index is 0.587. The predicted octanol–water partition coefficient (Wildman–Crippen LogP) is 3.37. The SMILES string of the molecule is C1=CC(NC2CCc3ccccc32)CCC1. The lowest BCUT2D eigenvalue weighted by Crippen LogP contribution is -2.31. The molecule has 1 aromatic rings. The Morgan fingerprint density at radius 2 is 2.06 bits per heavy atom. The predicted molar refractivity (Wildman–Crippen MR) is 67.4 cm³/mol. The second kappa shape index (κ2) is 4.42.